The van der Waals surface area contributed by atoms with Crippen molar-refractivity contribution in [3.05, 3.63) is 0 Å². The van der Waals surface area contributed by atoms with Crippen LogP contribution in [0.3, 0.4) is 0 Å². The zero-order valence-electron chi connectivity index (χ0n) is 10.2. The molecular formula is C11H22N2O2. The topological polar surface area (TPSA) is 41.6 Å². The zero-order chi connectivity index (χ0) is 11.5. The van der Waals surface area contributed by atoms with Crippen LogP contribution in [0.25, 0.3) is 0 Å². The minimum absolute atomic E-state index is 0.190. The number of hydrogen-bond donors (Lipinski definition) is 1. The van der Waals surface area contributed by atoms with Crippen LogP contribution in [-0.4, -0.2) is 49.2 Å². The number of piperazine rings is 1. The molecule has 0 aromatic rings. The van der Waals surface area contributed by atoms with Gasteiger partial charge in [-0.3, -0.25) is 4.79 Å². The van der Waals surface area contributed by atoms with E-state index in [9.17, 15) is 4.79 Å². The molecule has 1 rings (SSSR count). The van der Waals surface area contributed by atoms with Gasteiger partial charge in [0.05, 0.1) is 12.0 Å². The monoisotopic (exact) mass is 214 g/mol. The number of nitrogens with zero attached hydrogens (tertiary/aromatic N) is 1. The molecule has 0 aromatic heterocycles. The van der Waals surface area contributed by atoms with E-state index in [4.69, 9.17) is 4.74 Å². The molecule has 0 aliphatic carbocycles. The smallest absolute Gasteiger partial charge is 0.225 e. The number of carbonyl (C=O) groups excluding carboxylic acids is 1. The number of hydrogen-bond acceptors (Lipinski definition) is 3. The summed E-state index contributed by atoms with van der Waals surface area (Å²) < 4.78 is 5.26. The van der Waals surface area contributed by atoms with Crippen molar-refractivity contribution in [1.29, 1.82) is 0 Å². The third kappa shape index (κ3) is 3.80. The van der Waals surface area contributed by atoms with E-state index in [1.807, 2.05) is 18.7 Å². The highest BCUT2D eigenvalue weighted by molar-refractivity contribution is 5.77. The molecular weight excluding hydrogens is 192 g/mol. The van der Waals surface area contributed by atoms with Gasteiger partial charge in [-0.15, -0.1) is 0 Å². The second-order valence-corrected chi connectivity index (χ2v) is 4.84. The van der Waals surface area contributed by atoms with Gasteiger partial charge in [0.1, 0.15) is 0 Å². The van der Waals surface area contributed by atoms with Gasteiger partial charge in [0.15, 0.2) is 0 Å². The van der Waals surface area contributed by atoms with Crippen LogP contribution in [0, 0.1) is 0 Å². The minimum atomic E-state index is -0.356. The Morgan fingerprint density at radius 3 is 2.80 bits per heavy atom. The lowest BCUT2D eigenvalue weighted by molar-refractivity contribution is -0.137. The molecule has 1 unspecified atom stereocenters. The number of ether oxygens (including phenoxy) is 1. The Bertz CT molecular complexity index is 229. The van der Waals surface area contributed by atoms with Gasteiger partial charge in [0.25, 0.3) is 0 Å². The van der Waals surface area contributed by atoms with E-state index >= 15 is 0 Å². The second-order valence-electron chi connectivity index (χ2n) is 4.84. The van der Waals surface area contributed by atoms with Crippen LogP contribution < -0.4 is 5.32 Å². The number of carbonyl (C=O) groups is 1. The van der Waals surface area contributed by atoms with Crippen molar-refractivity contribution in [3.63, 3.8) is 0 Å². The summed E-state index contributed by atoms with van der Waals surface area (Å²) in [6, 6.07) is 0.397. The molecule has 1 fully saturated rings. The Morgan fingerprint density at radius 1 is 1.60 bits per heavy atom. The average Bonchev–Trinajstić information content (AvgIpc) is 2.17. The predicted molar refractivity (Wildman–Crippen MR) is 59.7 cm³/mol. The van der Waals surface area contributed by atoms with E-state index in [2.05, 4.69) is 12.2 Å². The molecule has 4 heteroatoms. The summed E-state index contributed by atoms with van der Waals surface area (Å²) in [5.74, 6) is 0.190. The molecule has 1 saturated heterocycles. The molecule has 4 nitrogen and oxygen atoms in total. The van der Waals surface area contributed by atoms with Crippen LogP contribution in [0.15, 0.2) is 0 Å². The van der Waals surface area contributed by atoms with Gasteiger partial charge < -0.3 is 15.0 Å². The Morgan fingerprint density at radius 2 is 2.27 bits per heavy atom. The summed E-state index contributed by atoms with van der Waals surface area (Å²) in [4.78, 5) is 13.9. The summed E-state index contributed by atoms with van der Waals surface area (Å²) >= 11 is 0. The van der Waals surface area contributed by atoms with E-state index in [-0.39, 0.29) is 11.5 Å². The van der Waals surface area contributed by atoms with E-state index in [0.29, 0.717) is 12.5 Å². The van der Waals surface area contributed by atoms with Gasteiger partial charge in [-0.25, -0.2) is 0 Å². The molecule has 0 saturated carbocycles. The highest BCUT2D eigenvalue weighted by atomic mass is 16.5. The van der Waals surface area contributed by atoms with Crippen LogP contribution in [0.4, 0.5) is 0 Å². The van der Waals surface area contributed by atoms with E-state index < -0.39 is 0 Å². The normalized spacial score (nSPS) is 22.9. The van der Waals surface area contributed by atoms with Crippen molar-refractivity contribution >= 4 is 5.91 Å². The molecule has 1 aliphatic rings. The van der Waals surface area contributed by atoms with Crippen LogP contribution in [0.5, 0.6) is 0 Å². The van der Waals surface area contributed by atoms with Gasteiger partial charge in [-0.05, 0) is 20.8 Å². The Labute approximate surface area is 92.0 Å². The van der Waals surface area contributed by atoms with Crippen LogP contribution >= 0.6 is 0 Å². The van der Waals surface area contributed by atoms with Gasteiger partial charge in [-0.1, -0.05) is 0 Å². The first-order chi connectivity index (χ1) is 6.94. The maximum Gasteiger partial charge on any atom is 0.225 e. The highest BCUT2D eigenvalue weighted by Crippen LogP contribution is 2.15. The molecule has 1 amide bonds. The number of methoxy groups -OCH3 is 1. The zero-order valence-corrected chi connectivity index (χ0v) is 10.2. The average molecular weight is 214 g/mol. The Balaban J connectivity index is 2.46. The van der Waals surface area contributed by atoms with Gasteiger partial charge in [0, 0.05) is 32.8 Å². The second kappa shape index (κ2) is 4.94. The van der Waals surface area contributed by atoms with Crippen molar-refractivity contribution in [1.82, 2.24) is 10.2 Å². The van der Waals surface area contributed by atoms with Crippen LogP contribution in [0.1, 0.15) is 27.2 Å². The quantitative estimate of drug-likeness (QED) is 0.749. The molecule has 0 aromatic carbocycles. The first-order valence-corrected chi connectivity index (χ1v) is 5.51. The first kappa shape index (κ1) is 12.5. The first-order valence-electron chi connectivity index (χ1n) is 5.51. The van der Waals surface area contributed by atoms with E-state index in [1.165, 1.54) is 0 Å². The predicted octanol–water partition coefficient (Wildman–Crippen LogP) is 0.622. The van der Waals surface area contributed by atoms with Crippen molar-refractivity contribution in [3.8, 4) is 0 Å². The fraction of sp³-hybridized carbons (Fsp3) is 0.909. The number of amides is 1. The largest absolute Gasteiger partial charge is 0.378 e. The third-order valence-corrected chi connectivity index (χ3v) is 2.85. The maximum absolute atomic E-state index is 11.9. The lowest BCUT2D eigenvalue weighted by Gasteiger charge is -2.34. The van der Waals surface area contributed by atoms with Gasteiger partial charge in [-0.2, -0.15) is 0 Å². The summed E-state index contributed by atoms with van der Waals surface area (Å²) in [5, 5.41) is 3.32. The summed E-state index contributed by atoms with van der Waals surface area (Å²) in [5.41, 5.74) is -0.356. The molecule has 1 heterocycles. The Hall–Kier alpha value is -0.610. The molecule has 1 atom stereocenters. The lowest BCUT2D eigenvalue weighted by Crippen LogP contribution is -2.52. The molecule has 0 radical (unpaired) electrons. The van der Waals surface area contributed by atoms with Crippen molar-refractivity contribution in [2.24, 2.45) is 0 Å². The van der Waals surface area contributed by atoms with Crippen LogP contribution in [0.2, 0.25) is 0 Å². The SMILES string of the molecule is COC(C)(C)CC(=O)N1CCNC(C)C1. The molecule has 0 bridgehead atoms. The minimum Gasteiger partial charge on any atom is -0.378 e. The molecule has 1 N–H and O–H groups in total. The molecule has 0 spiro atoms. The molecule has 15 heavy (non-hydrogen) atoms. The van der Waals surface area contributed by atoms with Gasteiger partial charge in [0.2, 0.25) is 5.91 Å². The fourth-order valence-electron chi connectivity index (χ4n) is 1.71. The number of rotatable bonds is 3. The van der Waals surface area contributed by atoms with E-state index in [0.717, 1.165) is 19.6 Å². The summed E-state index contributed by atoms with van der Waals surface area (Å²) in [6.07, 6.45) is 0.455. The van der Waals surface area contributed by atoms with Crippen molar-refractivity contribution < 1.29 is 9.53 Å². The summed E-state index contributed by atoms with van der Waals surface area (Å²) in [7, 11) is 1.65. The van der Waals surface area contributed by atoms with E-state index in [1.54, 1.807) is 7.11 Å². The Kier molecular flexibility index (Phi) is 4.11. The highest BCUT2D eigenvalue weighted by Gasteiger charge is 2.26. The number of nitrogens with one attached hydrogen (secondary N) is 1. The van der Waals surface area contributed by atoms with Gasteiger partial charge >= 0.3 is 0 Å². The van der Waals surface area contributed by atoms with Crippen molar-refractivity contribution in [2.45, 2.75) is 38.8 Å². The fourth-order valence-corrected chi connectivity index (χ4v) is 1.71. The molecule has 1 aliphatic heterocycles. The molecule has 88 valence electrons. The lowest BCUT2D eigenvalue weighted by atomic mass is 10.0. The summed E-state index contributed by atoms with van der Waals surface area (Å²) in [6.45, 7) is 8.48. The maximum atomic E-state index is 11.9. The van der Waals surface area contributed by atoms with Crippen molar-refractivity contribution in [2.75, 3.05) is 26.7 Å². The standard InChI is InChI=1S/C11H22N2O2/c1-9-8-13(6-5-12-9)10(14)7-11(2,3)15-4/h9,12H,5-8H2,1-4H3. The van der Waals surface area contributed by atoms with Crippen LogP contribution in [-0.2, 0) is 9.53 Å². The third-order valence-electron chi connectivity index (χ3n) is 2.85.